The third kappa shape index (κ3) is 3.38. The Morgan fingerprint density at radius 2 is 1.92 bits per heavy atom. The summed E-state index contributed by atoms with van der Waals surface area (Å²) in [5.74, 6) is 2.25. The lowest BCUT2D eigenvalue weighted by Gasteiger charge is -2.29. The van der Waals surface area contributed by atoms with Gasteiger partial charge >= 0.3 is 0 Å². The maximum atomic E-state index is 12.9. The van der Waals surface area contributed by atoms with E-state index in [2.05, 4.69) is 18.4 Å². The van der Waals surface area contributed by atoms with Crippen LogP contribution in [0.15, 0.2) is 41.3 Å². The molecule has 0 atom stereocenters. The molecule has 4 rings (SSSR count). The van der Waals surface area contributed by atoms with Gasteiger partial charge < -0.3 is 4.90 Å². The van der Waals surface area contributed by atoms with Gasteiger partial charge in [0, 0.05) is 30.3 Å². The predicted molar refractivity (Wildman–Crippen MR) is 109 cm³/mol. The SMILES string of the molecule is Cc1cc(N2CCSCC2)ccc1NS(=O)(=O)c1cccc2nsnc12. The lowest BCUT2D eigenvalue weighted by molar-refractivity contribution is 0.602. The second-order valence-electron chi connectivity index (χ2n) is 6.09. The Kier molecular flexibility index (Phi) is 4.76. The Morgan fingerprint density at radius 1 is 1.12 bits per heavy atom. The minimum atomic E-state index is -3.73. The quantitative estimate of drug-likeness (QED) is 0.716. The first kappa shape index (κ1) is 17.6. The fourth-order valence-corrected chi connectivity index (χ4v) is 5.78. The molecule has 2 heterocycles. The summed E-state index contributed by atoms with van der Waals surface area (Å²) in [5.41, 5.74) is 3.61. The molecule has 3 aromatic rings. The Morgan fingerprint density at radius 3 is 2.69 bits per heavy atom. The molecule has 0 spiro atoms. The van der Waals surface area contributed by atoms with Gasteiger partial charge in [-0.05, 0) is 42.8 Å². The highest BCUT2D eigenvalue weighted by Crippen LogP contribution is 2.28. The van der Waals surface area contributed by atoms with Gasteiger partial charge in [-0.3, -0.25) is 4.72 Å². The Balaban J connectivity index is 1.63. The van der Waals surface area contributed by atoms with Gasteiger partial charge in [-0.15, -0.1) is 0 Å². The van der Waals surface area contributed by atoms with E-state index in [1.807, 2.05) is 36.9 Å². The molecule has 2 aromatic carbocycles. The number of hydrogen-bond acceptors (Lipinski definition) is 7. The van der Waals surface area contributed by atoms with E-state index in [0.717, 1.165) is 47.6 Å². The van der Waals surface area contributed by atoms with E-state index in [0.29, 0.717) is 16.7 Å². The van der Waals surface area contributed by atoms with Crippen molar-refractivity contribution in [1.29, 1.82) is 0 Å². The third-order valence-electron chi connectivity index (χ3n) is 4.37. The Labute approximate surface area is 161 Å². The van der Waals surface area contributed by atoms with Crippen LogP contribution in [0.1, 0.15) is 5.56 Å². The second kappa shape index (κ2) is 7.05. The molecule has 1 aliphatic rings. The summed E-state index contributed by atoms with van der Waals surface area (Å²) < 4.78 is 36.7. The number of anilines is 2. The van der Waals surface area contributed by atoms with Gasteiger partial charge in [0.2, 0.25) is 0 Å². The Bertz CT molecular complexity index is 1040. The van der Waals surface area contributed by atoms with Gasteiger partial charge in [0.15, 0.2) is 0 Å². The van der Waals surface area contributed by atoms with Crippen molar-refractivity contribution in [1.82, 2.24) is 8.75 Å². The zero-order chi connectivity index (χ0) is 18.1. The van der Waals surface area contributed by atoms with Crippen molar-refractivity contribution in [2.45, 2.75) is 11.8 Å². The molecule has 0 amide bonds. The number of thioether (sulfide) groups is 1. The number of aryl methyl sites for hydroxylation is 1. The molecule has 0 saturated carbocycles. The number of rotatable bonds is 4. The van der Waals surface area contributed by atoms with E-state index in [1.54, 1.807) is 18.2 Å². The van der Waals surface area contributed by atoms with Crippen LogP contribution in [0.2, 0.25) is 0 Å². The second-order valence-corrected chi connectivity index (χ2v) is 9.50. The average molecular weight is 407 g/mol. The van der Waals surface area contributed by atoms with Crippen molar-refractivity contribution in [3.8, 4) is 0 Å². The highest BCUT2D eigenvalue weighted by molar-refractivity contribution is 7.99. The van der Waals surface area contributed by atoms with E-state index < -0.39 is 10.0 Å². The van der Waals surface area contributed by atoms with Crippen LogP contribution in [0.3, 0.4) is 0 Å². The van der Waals surface area contributed by atoms with Gasteiger partial charge in [-0.1, -0.05) is 6.07 Å². The summed E-state index contributed by atoms with van der Waals surface area (Å²) in [6.07, 6.45) is 0. The number of sulfonamides is 1. The van der Waals surface area contributed by atoms with E-state index in [-0.39, 0.29) is 4.90 Å². The molecule has 0 radical (unpaired) electrons. The summed E-state index contributed by atoms with van der Waals surface area (Å²) in [6.45, 7) is 3.97. The van der Waals surface area contributed by atoms with Crippen molar-refractivity contribution in [3.05, 3.63) is 42.0 Å². The first-order valence-corrected chi connectivity index (χ1v) is 11.6. The number of aromatic nitrogens is 2. The first-order chi connectivity index (χ1) is 12.5. The molecule has 1 aromatic heterocycles. The van der Waals surface area contributed by atoms with Gasteiger partial charge in [-0.2, -0.15) is 20.5 Å². The van der Waals surface area contributed by atoms with E-state index >= 15 is 0 Å². The standard InChI is InChI=1S/C17H18N4O2S3/c1-12-11-13(21-7-9-24-10-8-21)5-6-14(12)20-26(22,23)16-4-2-3-15-17(16)19-25-18-15/h2-6,11,20H,7-10H2,1H3. The van der Waals surface area contributed by atoms with Crippen LogP contribution >= 0.6 is 23.5 Å². The summed E-state index contributed by atoms with van der Waals surface area (Å²) in [4.78, 5) is 2.49. The van der Waals surface area contributed by atoms with Gasteiger partial charge in [0.25, 0.3) is 10.0 Å². The van der Waals surface area contributed by atoms with Crippen molar-refractivity contribution in [2.75, 3.05) is 34.2 Å². The normalized spacial score (nSPS) is 15.3. The predicted octanol–water partition coefficient (Wildman–Crippen LogP) is 3.35. The highest BCUT2D eigenvalue weighted by atomic mass is 32.2. The van der Waals surface area contributed by atoms with Crippen molar-refractivity contribution < 1.29 is 8.42 Å². The van der Waals surface area contributed by atoms with Gasteiger partial charge in [0.05, 0.1) is 17.4 Å². The van der Waals surface area contributed by atoms with Crippen LogP contribution < -0.4 is 9.62 Å². The monoisotopic (exact) mass is 406 g/mol. The van der Waals surface area contributed by atoms with E-state index in [1.165, 1.54) is 0 Å². The minimum Gasteiger partial charge on any atom is -0.370 e. The maximum absolute atomic E-state index is 12.9. The lowest BCUT2D eigenvalue weighted by Crippen LogP contribution is -2.32. The maximum Gasteiger partial charge on any atom is 0.264 e. The zero-order valence-corrected chi connectivity index (χ0v) is 16.6. The summed E-state index contributed by atoms with van der Waals surface area (Å²) >= 11 is 2.98. The molecule has 9 heteroatoms. The number of nitrogens with one attached hydrogen (secondary N) is 1. The van der Waals surface area contributed by atoms with Gasteiger partial charge in [-0.25, -0.2) is 8.42 Å². The van der Waals surface area contributed by atoms with E-state index in [4.69, 9.17) is 0 Å². The molecule has 6 nitrogen and oxygen atoms in total. The third-order valence-corrected chi connectivity index (χ3v) is 7.25. The topological polar surface area (TPSA) is 75.2 Å². The minimum absolute atomic E-state index is 0.153. The molecule has 1 fully saturated rings. The highest BCUT2D eigenvalue weighted by Gasteiger charge is 2.21. The van der Waals surface area contributed by atoms with Crippen LogP contribution in [0, 0.1) is 6.92 Å². The first-order valence-electron chi connectivity index (χ1n) is 8.22. The Hall–Kier alpha value is -1.84. The van der Waals surface area contributed by atoms with Crippen molar-refractivity contribution >= 4 is 55.9 Å². The smallest absolute Gasteiger partial charge is 0.264 e. The van der Waals surface area contributed by atoms with Gasteiger partial charge in [0.1, 0.15) is 15.9 Å². The number of nitrogens with zero attached hydrogens (tertiary/aromatic N) is 3. The molecule has 0 bridgehead atoms. The summed E-state index contributed by atoms with van der Waals surface area (Å²) in [7, 11) is -3.73. The number of fused-ring (bicyclic) bond motifs is 1. The molecule has 1 saturated heterocycles. The van der Waals surface area contributed by atoms with Crippen LogP contribution in [-0.2, 0) is 10.0 Å². The lowest BCUT2D eigenvalue weighted by atomic mass is 10.1. The van der Waals surface area contributed by atoms with Crippen LogP contribution in [0.4, 0.5) is 11.4 Å². The van der Waals surface area contributed by atoms with Crippen molar-refractivity contribution in [2.24, 2.45) is 0 Å². The fraction of sp³-hybridized carbons (Fsp3) is 0.294. The zero-order valence-electron chi connectivity index (χ0n) is 14.2. The average Bonchev–Trinajstić information content (AvgIpc) is 3.12. The van der Waals surface area contributed by atoms with Crippen molar-refractivity contribution in [3.63, 3.8) is 0 Å². The summed E-state index contributed by atoms with van der Waals surface area (Å²) in [6, 6.07) is 10.9. The summed E-state index contributed by atoms with van der Waals surface area (Å²) in [5, 5.41) is 0. The van der Waals surface area contributed by atoms with Crippen LogP contribution in [-0.4, -0.2) is 41.8 Å². The molecule has 1 N–H and O–H groups in total. The largest absolute Gasteiger partial charge is 0.370 e. The van der Waals surface area contributed by atoms with Crippen LogP contribution in [0.5, 0.6) is 0 Å². The fourth-order valence-electron chi connectivity index (χ4n) is 2.98. The number of hydrogen-bond donors (Lipinski definition) is 1. The molecular weight excluding hydrogens is 388 g/mol. The van der Waals surface area contributed by atoms with Crippen LogP contribution in [0.25, 0.3) is 11.0 Å². The molecule has 26 heavy (non-hydrogen) atoms. The molecule has 0 unspecified atom stereocenters. The molecular formula is C17H18N4O2S3. The molecule has 1 aliphatic heterocycles. The molecule has 136 valence electrons. The number of benzene rings is 2. The molecule has 0 aliphatic carbocycles. The van der Waals surface area contributed by atoms with E-state index in [9.17, 15) is 8.42 Å².